The van der Waals surface area contributed by atoms with E-state index in [0.29, 0.717) is 31.7 Å². The molecule has 0 aromatic heterocycles. The smallest absolute Gasteiger partial charge is 0.251 e. The van der Waals surface area contributed by atoms with Crippen LogP contribution in [0.2, 0.25) is 0 Å². The van der Waals surface area contributed by atoms with Crippen LogP contribution in [0.5, 0.6) is 0 Å². The van der Waals surface area contributed by atoms with Crippen molar-refractivity contribution in [3.8, 4) is 0 Å². The van der Waals surface area contributed by atoms with Crippen LogP contribution in [-0.4, -0.2) is 50.9 Å². The molecule has 1 aliphatic rings. The van der Waals surface area contributed by atoms with Crippen molar-refractivity contribution in [1.29, 1.82) is 0 Å². The summed E-state index contributed by atoms with van der Waals surface area (Å²) >= 11 is 0. The summed E-state index contributed by atoms with van der Waals surface area (Å²) < 4.78 is 28.0. The zero-order valence-electron chi connectivity index (χ0n) is 18.4. The number of hydrogen-bond acceptors (Lipinski definition) is 4. The van der Waals surface area contributed by atoms with E-state index >= 15 is 0 Å². The Morgan fingerprint density at radius 3 is 2.27 bits per heavy atom. The average Bonchev–Trinajstić information content (AvgIpc) is 2.70. The molecular weight excluding hydrogens is 398 g/mol. The number of carbonyl (C=O) groups is 1. The van der Waals surface area contributed by atoms with E-state index in [-0.39, 0.29) is 16.8 Å². The van der Waals surface area contributed by atoms with Gasteiger partial charge in [0, 0.05) is 43.5 Å². The molecule has 0 bridgehead atoms. The lowest BCUT2D eigenvalue weighted by molar-refractivity contribution is 0.0942. The normalized spacial score (nSPS) is 15.5. The molecule has 30 heavy (non-hydrogen) atoms. The molecule has 1 heterocycles. The molecule has 1 aliphatic heterocycles. The Hall–Kier alpha value is -2.38. The number of aryl methyl sites for hydroxylation is 2. The Morgan fingerprint density at radius 1 is 0.967 bits per heavy atom. The second-order valence-corrected chi connectivity index (χ2v) is 10.2. The molecular formula is C23H31N3O3S. The van der Waals surface area contributed by atoms with Crippen LogP contribution in [0.1, 0.15) is 40.9 Å². The molecule has 6 nitrogen and oxygen atoms in total. The van der Waals surface area contributed by atoms with E-state index in [1.165, 1.54) is 21.5 Å². The van der Waals surface area contributed by atoms with E-state index < -0.39 is 10.0 Å². The topological polar surface area (TPSA) is 69.7 Å². The predicted octanol–water partition coefficient (Wildman–Crippen LogP) is 3.26. The Bertz CT molecular complexity index is 1040. The number of nitrogens with one attached hydrogen (secondary N) is 1. The van der Waals surface area contributed by atoms with E-state index in [0.717, 1.165) is 11.3 Å². The second-order valence-electron chi connectivity index (χ2n) is 8.22. The number of amides is 1. The molecule has 0 spiro atoms. The number of hydrogen-bond donors (Lipinski definition) is 1. The summed E-state index contributed by atoms with van der Waals surface area (Å²) in [4.78, 5) is 14.9. The maximum Gasteiger partial charge on any atom is 0.251 e. The van der Waals surface area contributed by atoms with E-state index in [2.05, 4.69) is 36.2 Å². The maximum atomic E-state index is 13.2. The highest BCUT2D eigenvalue weighted by Crippen LogP contribution is 2.26. The number of benzene rings is 2. The highest BCUT2D eigenvalue weighted by atomic mass is 32.2. The van der Waals surface area contributed by atoms with Crippen LogP contribution in [0, 0.1) is 20.8 Å². The van der Waals surface area contributed by atoms with Crippen LogP contribution < -0.4 is 10.2 Å². The maximum absolute atomic E-state index is 13.2. The largest absolute Gasteiger partial charge is 0.369 e. The minimum atomic E-state index is -3.66. The van der Waals surface area contributed by atoms with Crippen molar-refractivity contribution in [2.45, 2.75) is 45.6 Å². The summed E-state index contributed by atoms with van der Waals surface area (Å²) in [5.74, 6) is -0.251. The minimum absolute atomic E-state index is 0.0182. The molecule has 1 saturated heterocycles. The Kier molecular flexibility index (Phi) is 6.53. The molecule has 0 aliphatic carbocycles. The molecule has 1 fully saturated rings. The van der Waals surface area contributed by atoms with Gasteiger partial charge >= 0.3 is 0 Å². The molecule has 2 aromatic rings. The third-order valence-corrected chi connectivity index (χ3v) is 7.56. The third kappa shape index (κ3) is 4.52. The van der Waals surface area contributed by atoms with E-state index in [1.807, 2.05) is 26.8 Å². The first-order chi connectivity index (χ1) is 14.1. The molecule has 0 saturated carbocycles. The fourth-order valence-corrected chi connectivity index (χ4v) is 5.19. The van der Waals surface area contributed by atoms with E-state index in [4.69, 9.17) is 0 Å². The van der Waals surface area contributed by atoms with Crippen molar-refractivity contribution < 1.29 is 13.2 Å². The van der Waals surface area contributed by atoms with E-state index in [1.54, 1.807) is 12.1 Å². The fourth-order valence-electron chi connectivity index (χ4n) is 3.74. The van der Waals surface area contributed by atoms with Crippen LogP contribution in [-0.2, 0) is 10.0 Å². The molecule has 3 rings (SSSR count). The van der Waals surface area contributed by atoms with Gasteiger partial charge in [-0.2, -0.15) is 4.31 Å². The van der Waals surface area contributed by atoms with Gasteiger partial charge in [-0.1, -0.05) is 18.2 Å². The van der Waals surface area contributed by atoms with Crippen molar-refractivity contribution in [3.63, 3.8) is 0 Å². The van der Waals surface area contributed by atoms with Gasteiger partial charge in [-0.25, -0.2) is 8.42 Å². The monoisotopic (exact) mass is 429 g/mol. The molecule has 0 unspecified atom stereocenters. The van der Waals surface area contributed by atoms with Gasteiger partial charge in [0.2, 0.25) is 10.0 Å². The highest BCUT2D eigenvalue weighted by molar-refractivity contribution is 7.89. The van der Waals surface area contributed by atoms with Gasteiger partial charge < -0.3 is 10.2 Å². The van der Waals surface area contributed by atoms with Crippen molar-refractivity contribution in [3.05, 3.63) is 58.7 Å². The number of carbonyl (C=O) groups excluding carboxylic acids is 1. The third-order valence-electron chi connectivity index (χ3n) is 5.67. The summed E-state index contributed by atoms with van der Waals surface area (Å²) in [5.41, 5.74) is 4.78. The first-order valence-corrected chi connectivity index (χ1v) is 11.8. The molecule has 162 valence electrons. The van der Waals surface area contributed by atoms with Crippen molar-refractivity contribution in [2.24, 2.45) is 0 Å². The number of piperazine rings is 1. The van der Waals surface area contributed by atoms with Gasteiger partial charge in [0.25, 0.3) is 5.91 Å². The first-order valence-electron chi connectivity index (χ1n) is 10.3. The molecule has 0 radical (unpaired) electrons. The average molecular weight is 430 g/mol. The second kappa shape index (κ2) is 8.78. The zero-order chi connectivity index (χ0) is 22.1. The number of nitrogens with zero attached hydrogens (tertiary/aromatic N) is 2. The van der Waals surface area contributed by atoms with Gasteiger partial charge in [0.15, 0.2) is 0 Å². The standard InChI is InChI=1S/C23H31N3O3S/c1-16(2)24-23(27)21-15-20(10-9-18(21)4)30(28,29)26-13-11-25(12-14-26)22-8-6-7-17(3)19(22)5/h6-10,15-16H,11-14H2,1-5H3,(H,24,27). The quantitative estimate of drug-likeness (QED) is 0.792. The Balaban J connectivity index is 1.79. The van der Waals surface area contributed by atoms with Gasteiger partial charge in [-0.15, -0.1) is 0 Å². The van der Waals surface area contributed by atoms with Crippen LogP contribution in [0.15, 0.2) is 41.3 Å². The number of anilines is 1. The SMILES string of the molecule is Cc1ccc(S(=O)(=O)N2CCN(c3cccc(C)c3C)CC2)cc1C(=O)NC(C)C. The van der Waals surface area contributed by atoms with Gasteiger partial charge in [-0.05, 0) is 69.5 Å². The first kappa shape index (κ1) is 22.3. The van der Waals surface area contributed by atoms with Crippen LogP contribution >= 0.6 is 0 Å². The molecule has 0 atom stereocenters. The number of sulfonamides is 1. The summed E-state index contributed by atoms with van der Waals surface area (Å²) in [7, 11) is -3.66. The lowest BCUT2D eigenvalue weighted by atomic mass is 10.1. The zero-order valence-corrected chi connectivity index (χ0v) is 19.2. The van der Waals surface area contributed by atoms with Crippen LogP contribution in [0.3, 0.4) is 0 Å². The predicted molar refractivity (Wildman–Crippen MR) is 121 cm³/mol. The lowest BCUT2D eigenvalue weighted by Crippen LogP contribution is -2.48. The van der Waals surface area contributed by atoms with E-state index in [9.17, 15) is 13.2 Å². The molecule has 2 aromatic carbocycles. The summed E-state index contributed by atoms with van der Waals surface area (Å²) in [6.07, 6.45) is 0. The van der Waals surface area contributed by atoms with Crippen LogP contribution in [0.4, 0.5) is 5.69 Å². The van der Waals surface area contributed by atoms with Crippen molar-refractivity contribution in [2.75, 3.05) is 31.1 Å². The van der Waals surface area contributed by atoms with Gasteiger partial charge in [-0.3, -0.25) is 4.79 Å². The lowest BCUT2D eigenvalue weighted by Gasteiger charge is -2.36. The van der Waals surface area contributed by atoms with Crippen molar-refractivity contribution in [1.82, 2.24) is 9.62 Å². The summed E-state index contributed by atoms with van der Waals surface area (Å²) in [5, 5.41) is 2.84. The molecule has 1 N–H and O–H groups in total. The molecule has 1 amide bonds. The van der Waals surface area contributed by atoms with Gasteiger partial charge in [0.05, 0.1) is 4.90 Å². The molecule has 7 heteroatoms. The summed E-state index contributed by atoms with van der Waals surface area (Å²) in [6, 6.07) is 11.0. The Labute approximate surface area is 179 Å². The van der Waals surface area contributed by atoms with Crippen LogP contribution in [0.25, 0.3) is 0 Å². The highest BCUT2D eigenvalue weighted by Gasteiger charge is 2.30. The Morgan fingerprint density at radius 2 is 1.63 bits per heavy atom. The summed E-state index contributed by atoms with van der Waals surface area (Å²) in [6.45, 7) is 11.9. The van der Waals surface area contributed by atoms with Gasteiger partial charge in [0.1, 0.15) is 0 Å². The number of rotatable bonds is 5. The minimum Gasteiger partial charge on any atom is -0.369 e. The van der Waals surface area contributed by atoms with Crippen molar-refractivity contribution >= 4 is 21.6 Å². The fraction of sp³-hybridized carbons (Fsp3) is 0.435.